The Labute approximate surface area is 73.3 Å². The van der Waals surface area contributed by atoms with Gasteiger partial charge in [-0.05, 0) is 12.8 Å². The molecule has 52 valence electrons. The van der Waals surface area contributed by atoms with Gasteiger partial charge in [0.2, 0.25) is 0 Å². The molecule has 8 heavy (non-hydrogen) atoms. The van der Waals surface area contributed by atoms with Crippen LogP contribution in [0.3, 0.4) is 0 Å². The molecule has 0 aliphatic heterocycles. The Hall–Kier alpha value is 1.41. The Kier molecular flexibility index (Phi) is 23.9. The van der Waals surface area contributed by atoms with E-state index >= 15 is 0 Å². The van der Waals surface area contributed by atoms with Crippen LogP contribution in [0.15, 0.2) is 0 Å². The summed E-state index contributed by atoms with van der Waals surface area (Å²) >= 11 is 11.2. The Balaban J connectivity index is 0. The van der Waals surface area contributed by atoms with Crippen LogP contribution in [0.5, 0.6) is 0 Å². The van der Waals surface area contributed by atoms with Gasteiger partial charge in [0.15, 0.2) is 0 Å². The molecule has 0 aliphatic rings. The number of rotatable bonds is 3. The third kappa shape index (κ3) is 15.7. The first-order valence-electron chi connectivity index (χ1n) is 2.41. The summed E-state index contributed by atoms with van der Waals surface area (Å²) in [5.41, 5.74) is 0. The summed E-state index contributed by atoms with van der Waals surface area (Å²) in [6.45, 7) is 0. The zero-order valence-corrected chi connectivity index (χ0v) is 11.4. The first-order chi connectivity index (χ1) is 3.91. The second-order valence-corrected chi connectivity index (χ2v) is 1.84. The van der Waals surface area contributed by atoms with Gasteiger partial charge in [0, 0.05) is 11.8 Å². The van der Waals surface area contributed by atoms with Gasteiger partial charge >= 0.3 is 25.6 Å². The molecule has 0 heterocycles. The van der Waals surface area contributed by atoms with E-state index in [1.807, 2.05) is 0 Å². The fourth-order valence-corrected chi connectivity index (χ4v) is 0.567. The summed E-state index contributed by atoms with van der Waals surface area (Å²) in [5.74, 6) is 1.49. The molecule has 0 nitrogen and oxygen atoms in total. The van der Waals surface area contributed by atoms with Crippen molar-refractivity contribution in [3.05, 3.63) is 0 Å². The maximum absolute atomic E-state index is 5.32. The van der Waals surface area contributed by atoms with Crippen molar-refractivity contribution in [2.24, 2.45) is 0 Å². The third-order valence-electron chi connectivity index (χ3n) is 0.517. The molecule has 0 spiro atoms. The minimum atomic E-state index is 0.535. The monoisotopic (exact) mass is 238 g/mol. The quantitative estimate of drug-likeness (QED) is 0.399. The normalized spacial score (nSPS) is 7.88. The van der Waals surface area contributed by atoms with E-state index in [-0.39, 0.29) is 0 Å². The van der Waals surface area contributed by atoms with Crippen molar-refractivity contribution in [2.75, 3.05) is 11.8 Å². The molecular formula is C4H11Cl3Ge. The summed E-state index contributed by atoms with van der Waals surface area (Å²) in [5, 5.41) is 0. The van der Waals surface area contributed by atoms with Crippen molar-refractivity contribution in [1.82, 2.24) is 0 Å². The second-order valence-electron chi connectivity index (χ2n) is 1.09. The van der Waals surface area contributed by atoms with Crippen LogP contribution >= 0.6 is 33.2 Å². The average molecular weight is 238 g/mol. The average Bonchev–Trinajstić information content (AvgIpc) is 1.88. The van der Waals surface area contributed by atoms with Crippen molar-refractivity contribution < 1.29 is 0 Å². The van der Waals surface area contributed by atoms with Crippen molar-refractivity contribution in [3.63, 3.8) is 0 Å². The van der Waals surface area contributed by atoms with Gasteiger partial charge in [0.05, 0.1) is 0 Å². The summed E-state index contributed by atoms with van der Waals surface area (Å²) in [4.78, 5) is 0. The predicted molar refractivity (Wildman–Crippen MR) is 46.5 cm³/mol. The first-order valence-corrected chi connectivity index (χ1v) is 9.00. The molecule has 0 aromatic heterocycles. The molecule has 0 rings (SSSR count). The molecular weight excluding hydrogens is 227 g/mol. The summed E-state index contributed by atoms with van der Waals surface area (Å²) in [6, 6.07) is 0. The van der Waals surface area contributed by atoms with Gasteiger partial charge in [-0.15, -0.1) is 23.2 Å². The van der Waals surface area contributed by atoms with Crippen molar-refractivity contribution in [2.45, 2.75) is 12.8 Å². The molecule has 0 bridgehead atoms. The van der Waals surface area contributed by atoms with Gasteiger partial charge in [-0.1, -0.05) is 0 Å². The number of halogens is 3. The molecule has 0 aromatic rings. The fraction of sp³-hybridized carbons (Fsp3) is 1.00. The SMILES string of the molecule is ClCCCCCl.[Cl][GeH3]. The van der Waals surface area contributed by atoms with Crippen molar-refractivity contribution >= 4 is 48.8 Å². The molecule has 0 aliphatic carbocycles. The van der Waals surface area contributed by atoms with Crippen LogP contribution < -0.4 is 0 Å². The van der Waals surface area contributed by atoms with Crippen LogP contribution in [-0.4, -0.2) is 27.3 Å². The predicted octanol–water partition coefficient (Wildman–Crippen LogP) is 1.75. The maximum atomic E-state index is 5.32. The Morgan fingerprint density at radius 2 is 1.12 bits per heavy atom. The van der Waals surface area contributed by atoms with Crippen LogP contribution in [0, 0.1) is 0 Å². The number of hydrogen-bond donors (Lipinski definition) is 0. The second kappa shape index (κ2) is 15.8. The molecule has 0 unspecified atom stereocenters. The standard InChI is InChI=1S/C4H8Cl2.ClGeH3/c5-3-1-2-4-6;1-2/h1-4H2;2H3. The molecule has 0 fully saturated rings. The summed E-state index contributed by atoms with van der Waals surface area (Å²) < 4.78 is 0. The van der Waals surface area contributed by atoms with Gasteiger partial charge in [-0.25, -0.2) is 0 Å². The van der Waals surface area contributed by atoms with E-state index in [4.69, 9.17) is 33.2 Å². The van der Waals surface area contributed by atoms with Crippen LogP contribution in [0.1, 0.15) is 12.8 Å². The van der Waals surface area contributed by atoms with Gasteiger partial charge in [-0.2, -0.15) is 0 Å². The van der Waals surface area contributed by atoms with E-state index < -0.39 is 0 Å². The Bertz CT molecular complexity index is 23.2. The Morgan fingerprint density at radius 1 is 0.875 bits per heavy atom. The number of hydrogen-bond acceptors (Lipinski definition) is 0. The number of alkyl halides is 2. The molecule has 4 heteroatoms. The molecule has 0 saturated carbocycles. The van der Waals surface area contributed by atoms with Crippen LogP contribution in [0.2, 0.25) is 0 Å². The topological polar surface area (TPSA) is 0 Å². The van der Waals surface area contributed by atoms with Gasteiger partial charge in [0.1, 0.15) is 0 Å². The van der Waals surface area contributed by atoms with Gasteiger partial charge in [-0.3, -0.25) is 0 Å². The fourth-order valence-electron chi connectivity index (χ4n) is 0.189. The van der Waals surface area contributed by atoms with Gasteiger partial charge in [0.25, 0.3) is 0 Å². The molecule has 0 amide bonds. The van der Waals surface area contributed by atoms with Crippen LogP contribution in [0.25, 0.3) is 0 Å². The summed E-state index contributed by atoms with van der Waals surface area (Å²) in [7, 11) is 4.83. The van der Waals surface area contributed by atoms with E-state index in [0.29, 0.717) is 15.6 Å². The molecule has 0 radical (unpaired) electrons. The van der Waals surface area contributed by atoms with Crippen molar-refractivity contribution in [3.8, 4) is 0 Å². The molecule has 0 atom stereocenters. The van der Waals surface area contributed by atoms with E-state index in [2.05, 4.69) is 0 Å². The molecule has 0 saturated heterocycles. The number of unbranched alkanes of at least 4 members (excludes halogenated alkanes) is 1. The van der Waals surface area contributed by atoms with Gasteiger partial charge < -0.3 is 0 Å². The summed E-state index contributed by atoms with van der Waals surface area (Å²) in [6.07, 6.45) is 2.09. The van der Waals surface area contributed by atoms with E-state index in [1.54, 1.807) is 0 Å². The minimum absolute atomic E-state index is 0.535. The first kappa shape index (κ1) is 12.1. The van der Waals surface area contributed by atoms with Crippen molar-refractivity contribution in [1.29, 1.82) is 0 Å². The molecule has 0 aromatic carbocycles. The van der Waals surface area contributed by atoms with Crippen LogP contribution in [-0.2, 0) is 0 Å². The molecule has 0 N–H and O–H groups in total. The Morgan fingerprint density at radius 3 is 1.25 bits per heavy atom. The third-order valence-corrected chi connectivity index (χ3v) is 1.05. The van der Waals surface area contributed by atoms with Crippen LogP contribution in [0.4, 0.5) is 0 Å². The zero-order chi connectivity index (χ0) is 6.83. The van der Waals surface area contributed by atoms with E-state index in [1.165, 1.54) is 0 Å². The van der Waals surface area contributed by atoms with E-state index in [0.717, 1.165) is 24.6 Å². The zero-order valence-electron chi connectivity index (χ0n) is 4.96. The van der Waals surface area contributed by atoms with E-state index in [9.17, 15) is 0 Å².